The first-order valence-corrected chi connectivity index (χ1v) is 10.6. The number of likely N-dealkylation sites (N-methyl/N-ethyl adjacent to an activating group) is 1. The van der Waals surface area contributed by atoms with Crippen molar-refractivity contribution in [1.29, 1.82) is 0 Å². The van der Waals surface area contributed by atoms with Crippen LogP contribution in [0.2, 0.25) is 0 Å². The van der Waals surface area contributed by atoms with Crippen molar-refractivity contribution in [3.05, 3.63) is 71.5 Å². The Bertz CT molecular complexity index is 783. The van der Waals surface area contributed by atoms with Crippen molar-refractivity contribution in [1.82, 2.24) is 15.1 Å². The molecule has 2 aromatic carbocycles. The Morgan fingerprint density at radius 3 is 2.53 bits per heavy atom. The lowest BCUT2D eigenvalue weighted by atomic mass is 9.89. The second-order valence-corrected chi connectivity index (χ2v) is 8.14. The predicted octanol–water partition coefficient (Wildman–Crippen LogP) is 4.07. The number of nitrogens with one attached hydrogen (secondary N) is 1. The monoisotopic (exact) mass is 413 g/mol. The van der Waals surface area contributed by atoms with Gasteiger partial charge in [0.25, 0.3) is 0 Å². The van der Waals surface area contributed by atoms with Gasteiger partial charge in [0.15, 0.2) is 0 Å². The van der Waals surface area contributed by atoms with Crippen LogP contribution in [-0.2, 0) is 11.3 Å². The van der Waals surface area contributed by atoms with E-state index in [1.807, 2.05) is 37.2 Å². The van der Waals surface area contributed by atoms with Gasteiger partial charge in [-0.25, -0.2) is 9.18 Å². The Balaban J connectivity index is 1.62. The van der Waals surface area contributed by atoms with E-state index in [2.05, 4.69) is 17.4 Å². The Labute approximate surface area is 178 Å². The van der Waals surface area contributed by atoms with Crippen molar-refractivity contribution in [3.8, 4) is 0 Å². The summed E-state index contributed by atoms with van der Waals surface area (Å²) in [5.74, 6) is -0.0288. The maximum atomic E-state index is 13.2. The number of amides is 2. The molecule has 1 aliphatic rings. The van der Waals surface area contributed by atoms with Crippen molar-refractivity contribution in [2.24, 2.45) is 5.92 Å². The average molecular weight is 414 g/mol. The normalized spacial score (nSPS) is 18.9. The highest BCUT2D eigenvalue weighted by Gasteiger charge is 2.28. The van der Waals surface area contributed by atoms with Gasteiger partial charge >= 0.3 is 6.03 Å². The number of ether oxygens (including phenoxy) is 1. The van der Waals surface area contributed by atoms with E-state index in [9.17, 15) is 9.18 Å². The number of hydrogen-bond acceptors (Lipinski definition) is 3. The maximum absolute atomic E-state index is 13.2. The Morgan fingerprint density at radius 2 is 1.83 bits per heavy atom. The highest BCUT2D eigenvalue weighted by atomic mass is 19.1. The average Bonchev–Trinajstić information content (AvgIpc) is 2.77. The molecule has 0 spiro atoms. The highest BCUT2D eigenvalue weighted by molar-refractivity contribution is 5.74. The fourth-order valence-corrected chi connectivity index (χ4v) is 3.78. The summed E-state index contributed by atoms with van der Waals surface area (Å²) in [6, 6.07) is 16.4. The van der Waals surface area contributed by atoms with Gasteiger partial charge in [-0.1, -0.05) is 42.5 Å². The summed E-state index contributed by atoms with van der Waals surface area (Å²) >= 11 is 0. The van der Waals surface area contributed by atoms with Crippen LogP contribution in [0.15, 0.2) is 54.6 Å². The van der Waals surface area contributed by atoms with Gasteiger partial charge in [0.2, 0.25) is 0 Å². The van der Waals surface area contributed by atoms with Crippen LogP contribution in [0.5, 0.6) is 0 Å². The summed E-state index contributed by atoms with van der Waals surface area (Å²) in [5, 5.41) is 3.12. The number of benzene rings is 2. The zero-order valence-electron chi connectivity index (χ0n) is 17.9. The van der Waals surface area contributed by atoms with E-state index < -0.39 is 0 Å². The van der Waals surface area contributed by atoms with E-state index in [1.165, 1.54) is 12.1 Å². The number of halogens is 1. The first kappa shape index (κ1) is 22.2. The molecule has 6 heteroatoms. The Kier molecular flexibility index (Phi) is 8.22. The van der Waals surface area contributed by atoms with Crippen LogP contribution in [0.4, 0.5) is 9.18 Å². The van der Waals surface area contributed by atoms with Gasteiger partial charge in [-0.15, -0.1) is 0 Å². The summed E-state index contributed by atoms with van der Waals surface area (Å²) in [7, 11) is 3.97. The van der Waals surface area contributed by atoms with E-state index in [0.717, 1.165) is 37.1 Å². The summed E-state index contributed by atoms with van der Waals surface area (Å²) in [6.07, 6.45) is 2.03. The van der Waals surface area contributed by atoms with Crippen molar-refractivity contribution >= 4 is 6.03 Å². The molecular formula is C24H32FN3O2. The number of carbonyl (C=O) groups is 1. The predicted molar refractivity (Wildman–Crippen MR) is 117 cm³/mol. The van der Waals surface area contributed by atoms with E-state index in [0.29, 0.717) is 19.6 Å². The first-order valence-electron chi connectivity index (χ1n) is 10.6. The summed E-state index contributed by atoms with van der Waals surface area (Å²) < 4.78 is 19.3. The third-order valence-corrected chi connectivity index (χ3v) is 5.48. The molecule has 2 amide bonds. The summed E-state index contributed by atoms with van der Waals surface area (Å²) in [4.78, 5) is 16.8. The third kappa shape index (κ3) is 6.54. The van der Waals surface area contributed by atoms with E-state index in [1.54, 1.807) is 17.0 Å². The first-order chi connectivity index (χ1) is 14.5. The smallest absolute Gasteiger partial charge is 0.317 e. The van der Waals surface area contributed by atoms with Crippen LogP contribution < -0.4 is 5.32 Å². The largest absolute Gasteiger partial charge is 0.373 e. The van der Waals surface area contributed by atoms with E-state index in [4.69, 9.17) is 4.74 Å². The molecule has 1 fully saturated rings. The minimum Gasteiger partial charge on any atom is -0.373 e. The quantitative estimate of drug-likeness (QED) is 0.710. The van der Waals surface area contributed by atoms with Crippen LogP contribution in [0.3, 0.4) is 0 Å². The molecule has 0 bridgehead atoms. The van der Waals surface area contributed by atoms with Crippen LogP contribution in [0.1, 0.15) is 30.1 Å². The molecule has 1 heterocycles. The minimum absolute atomic E-state index is 0.00701. The molecule has 0 unspecified atom stereocenters. The van der Waals surface area contributed by atoms with Gasteiger partial charge in [0, 0.05) is 38.7 Å². The molecular weight excluding hydrogens is 381 g/mol. The summed E-state index contributed by atoms with van der Waals surface area (Å²) in [6.45, 7) is 3.13. The Morgan fingerprint density at radius 1 is 1.10 bits per heavy atom. The standard InChI is InChI=1S/C24H32FN3O2/c1-27(2)14-15-28(18-19-10-12-22(25)13-11-19)24(29)26-17-21-9-6-16-30-23(21)20-7-4-3-5-8-20/h3-5,7-8,10-13,21,23H,6,9,14-18H2,1-2H3,(H,26,29)/t21-,23-/m0/s1. The zero-order valence-corrected chi connectivity index (χ0v) is 17.9. The molecule has 1 N–H and O–H groups in total. The molecule has 1 saturated heterocycles. The number of rotatable bonds is 8. The van der Waals surface area contributed by atoms with E-state index in [-0.39, 0.29) is 23.9 Å². The molecule has 30 heavy (non-hydrogen) atoms. The van der Waals surface area contributed by atoms with Gasteiger partial charge in [-0.3, -0.25) is 0 Å². The fraction of sp³-hybridized carbons (Fsp3) is 0.458. The molecule has 2 atom stereocenters. The van der Waals surface area contributed by atoms with Crippen LogP contribution >= 0.6 is 0 Å². The lowest BCUT2D eigenvalue weighted by Crippen LogP contribution is -2.45. The van der Waals surface area contributed by atoms with E-state index >= 15 is 0 Å². The van der Waals surface area contributed by atoms with Gasteiger partial charge in [0.1, 0.15) is 5.82 Å². The fourth-order valence-electron chi connectivity index (χ4n) is 3.78. The number of hydrogen-bond donors (Lipinski definition) is 1. The van der Waals surface area contributed by atoms with Crippen LogP contribution in [0.25, 0.3) is 0 Å². The molecule has 0 aliphatic carbocycles. The second kappa shape index (κ2) is 11.1. The molecule has 2 aromatic rings. The number of urea groups is 1. The molecule has 0 aromatic heterocycles. The number of carbonyl (C=O) groups excluding carboxylic acids is 1. The van der Waals surface area contributed by atoms with Crippen molar-refractivity contribution in [3.63, 3.8) is 0 Å². The minimum atomic E-state index is -0.271. The molecule has 0 radical (unpaired) electrons. The van der Waals surface area contributed by atoms with Crippen LogP contribution in [-0.4, -0.2) is 56.2 Å². The lowest BCUT2D eigenvalue weighted by molar-refractivity contribution is -0.0271. The second-order valence-electron chi connectivity index (χ2n) is 8.14. The van der Waals surface area contributed by atoms with Gasteiger partial charge < -0.3 is 19.9 Å². The number of nitrogens with zero attached hydrogens (tertiary/aromatic N) is 2. The molecule has 0 saturated carbocycles. The maximum Gasteiger partial charge on any atom is 0.317 e. The third-order valence-electron chi connectivity index (χ3n) is 5.48. The SMILES string of the molecule is CN(C)CCN(Cc1ccc(F)cc1)C(=O)NC[C@@H]1CCCO[C@H]1c1ccccc1. The zero-order chi connectivity index (χ0) is 21.3. The molecule has 5 nitrogen and oxygen atoms in total. The topological polar surface area (TPSA) is 44.8 Å². The van der Waals surface area contributed by atoms with Crippen molar-refractivity contribution in [2.45, 2.75) is 25.5 Å². The summed E-state index contributed by atoms with van der Waals surface area (Å²) in [5.41, 5.74) is 2.07. The lowest BCUT2D eigenvalue weighted by Gasteiger charge is -2.33. The highest BCUT2D eigenvalue weighted by Crippen LogP contribution is 2.33. The Hall–Kier alpha value is -2.44. The van der Waals surface area contributed by atoms with Crippen molar-refractivity contribution < 1.29 is 13.9 Å². The van der Waals surface area contributed by atoms with Gasteiger partial charge in [-0.05, 0) is 50.2 Å². The van der Waals surface area contributed by atoms with Crippen molar-refractivity contribution in [2.75, 3.05) is 40.3 Å². The van der Waals surface area contributed by atoms with Gasteiger partial charge in [0.05, 0.1) is 6.10 Å². The van der Waals surface area contributed by atoms with Crippen LogP contribution in [0, 0.1) is 11.7 Å². The molecule has 3 rings (SSSR count). The molecule has 162 valence electrons. The molecule has 1 aliphatic heterocycles. The van der Waals surface area contributed by atoms with Gasteiger partial charge in [-0.2, -0.15) is 0 Å².